The number of nitrogens with zero attached hydrogens (tertiary/aromatic N) is 3. The van der Waals surface area contributed by atoms with Gasteiger partial charge in [-0.1, -0.05) is 18.2 Å². The average molecular weight is 340 g/mol. The Morgan fingerprint density at radius 2 is 2.08 bits per heavy atom. The summed E-state index contributed by atoms with van der Waals surface area (Å²) in [5, 5.41) is 13.6. The monoisotopic (exact) mass is 340 g/mol. The smallest absolute Gasteiger partial charge is 0.282 e. The van der Waals surface area contributed by atoms with E-state index in [2.05, 4.69) is 10.3 Å². The fourth-order valence-electron chi connectivity index (χ4n) is 2.43. The molecule has 7 nitrogen and oxygen atoms in total. The third kappa shape index (κ3) is 3.52. The van der Waals surface area contributed by atoms with Gasteiger partial charge in [0.05, 0.1) is 16.9 Å². The van der Waals surface area contributed by atoms with Crippen molar-refractivity contribution in [3.8, 4) is 5.69 Å². The molecule has 1 heterocycles. The van der Waals surface area contributed by atoms with E-state index in [0.717, 1.165) is 29.4 Å². The summed E-state index contributed by atoms with van der Waals surface area (Å²) in [6.45, 7) is 0.126. The molecule has 1 aromatic heterocycles. The van der Waals surface area contributed by atoms with Crippen molar-refractivity contribution in [3.05, 3.63) is 88.2 Å². The molecular formula is C17H13FN4O3. The molecule has 0 atom stereocenters. The highest BCUT2D eigenvalue weighted by Gasteiger charge is 2.21. The number of hydrogen-bond acceptors (Lipinski definition) is 4. The van der Waals surface area contributed by atoms with Crippen LogP contribution in [-0.2, 0) is 6.54 Å². The molecule has 8 heteroatoms. The topological polar surface area (TPSA) is 90.1 Å². The summed E-state index contributed by atoms with van der Waals surface area (Å²) in [4.78, 5) is 26.6. The molecule has 0 aliphatic carbocycles. The summed E-state index contributed by atoms with van der Waals surface area (Å²) in [5.41, 5.74) is 0.842. The highest BCUT2D eigenvalue weighted by Crippen LogP contribution is 2.20. The van der Waals surface area contributed by atoms with Crippen molar-refractivity contribution in [2.45, 2.75) is 6.54 Å². The van der Waals surface area contributed by atoms with Crippen LogP contribution in [-0.4, -0.2) is 20.4 Å². The number of rotatable bonds is 5. The van der Waals surface area contributed by atoms with Crippen LogP contribution in [0.3, 0.4) is 0 Å². The van der Waals surface area contributed by atoms with Crippen molar-refractivity contribution in [2.24, 2.45) is 0 Å². The molecule has 0 aliphatic heterocycles. The van der Waals surface area contributed by atoms with Gasteiger partial charge in [-0.15, -0.1) is 0 Å². The van der Waals surface area contributed by atoms with Crippen LogP contribution < -0.4 is 5.32 Å². The van der Waals surface area contributed by atoms with Crippen LogP contribution in [0.5, 0.6) is 0 Å². The number of nitro benzene ring substituents is 1. The molecule has 0 radical (unpaired) electrons. The van der Waals surface area contributed by atoms with Gasteiger partial charge in [-0.2, -0.15) is 0 Å². The van der Waals surface area contributed by atoms with Crippen molar-refractivity contribution in [1.29, 1.82) is 0 Å². The molecule has 2 aromatic carbocycles. The van der Waals surface area contributed by atoms with Crippen LogP contribution in [0.25, 0.3) is 5.69 Å². The number of halogens is 1. The number of imidazole rings is 1. The second kappa shape index (κ2) is 6.91. The maximum absolute atomic E-state index is 13.4. The zero-order valence-electron chi connectivity index (χ0n) is 12.9. The first-order valence-corrected chi connectivity index (χ1v) is 7.34. The highest BCUT2D eigenvalue weighted by atomic mass is 19.1. The first-order valence-electron chi connectivity index (χ1n) is 7.34. The minimum Gasteiger partial charge on any atom is -0.348 e. The number of amides is 1. The molecular weight excluding hydrogens is 327 g/mol. The predicted molar refractivity (Wildman–Crippen MR) is 87.8 cm³/mol. The van der Waals surface area contributed by atoms with Crippen molar-refractivity contribution in [1.82, 2.24) is 14.9 Å². The lowest BCUT2D eigenvalue weighted by molar-refractivity contribution is -0.385. The van der Waals surface area contributed by atoms with E-state index in [-0.39, 0.29) is 12.1 Å². The summed E-state index contributed by atoms with van der Waals surface area (Å²) in [6, 6.07) is 10.1. The van der Waals surface area contributed by atoms with Crippen LogP contribution in [0.4, 0.5) is 10.1 Å². The quantitative estimate of drug-likeness (QED) is 0.571. The number of hydrogen-bond donors (Lipinski definition) is 1. The van der Waals surface area contributed by atoms with E-state index in [0.29, 0.717) is 0 Å². The van der Waals surface area contributed by atoms with Gasteiger partial charge in [-0.25, -0.2) is 9.37 Å². The maximum Gasteiger partial charge on any atom is 0.282 e. The Hall–Kier alpha value is -3.55. The highest BCUT2D eigenvalue weighted by molar-refractivity contribution is 5.98. The lowest BCUT2D eigenvalue weighted by atomic mass is 10.1. The minimum atomic E-state index is -0.716. The van der Waals surface area contributed by atoms with Gasteiger partial charge in [0.2, 0.25) is 0 Å². The van der Waals surface area contributed by atoms with Crippen LogP contribution in [0.1, 0.15) is 15.9 Å². The number of carbonyl (C=O) groups is 1. The van der Waals surface area contributed by atoms with Crippen molar-refractivity contribution in [2.75, 3.05) is 0 Å². The molecule has 1 amide bonds. The third-order valence-corrected chi connectivity index (χ3v) is 3.61. The number of nitro groups is 1. The van der Waals surface area contributed by atoms with Crippen LogP contribution >= 0.6 is 0 Å². The van der Waals surface area contributed by atoms with Crippen LogP contribution in [0.15, 0.2) is 61.2 Å². The number of aromatic nitrogens is 2. The van der Waals surface area contributed by atoms with E-state index in [1.807, 2.05) is 24.3 Å². The Bertz CT molecular complexity index is 925. The summed E-state index contributed by atoms with van der Waals surface area (Å²) in [5.74, 6) is -1.43. The molecule has 0 saturated heterocycles. The van der Waals surface area contributed by atoms with Gasteiger partial charge in [0.25, 0.3) is 11.6 Å². The predicted octanol–water partition coefficient (Wildman–Crippen LogP) is 2.85. The van der Waals surface area contributed by atoms with E-state index in [1.165, 1.54) is 0 Å². The van der Waals surface area contributed by atoms with Gasteiger partial charge < -0.3 is 9.88 Å². The summed E-state index contributed by atoms with van der Waals surface area (Å²) < 4.78 is 15.2. The summed E-state index contributed by atoms with van der Waals surface area (Å²) in [7, 11) is 0. The van der Waals surface area contributed by atoms with Gasteiger partial charge in [0, 0.05) is 25.0 Å². The maximum atomic E-state index is 13.4. The average Bonchev–Trinajstić information content (AvgIpc) is 3.14. The Balaban J connectivity index is 1.83. The molecule has 25 heavy (non-hydrogen) atoms. The number of carbonyl (C=O) groups excluding carboxylic acids is 1. The Morgan fingerprint density at radius 1 is 1.28 bits per heavy atom. The standard InChI is InChI=1S/C17H13FN4O3/c18-13-5-6-16(22(24)25)14(9-13)17(23)20-10-12-3-1-2-4-15(12)21-8-7-19-11-21/h1-9,11H,10H2,(H,20,23). The fraction of sp³-hybridized carbons (Fsp3) is 0.0588. The van der Waals surface area contributed by atoms with Crippen LogP contribution in [0.2, 0.25) is 0 Å². The summed E-state index contributed by atoms with van der Waals surface area (Å²) >= 11 is 0. The molecule has 1 N–H and O–H groups in total. The molecule has 0 aliphatic rings. The first-order chi connectivity index (χ1) is 12.1. The number of nitrogens with one attached hydrogen (secondary N) is 1. The SMILES string of the molecule is O=C(NCc1ccccc1-n1ccnc1)c1cc(F)ccc1[N+](=O)[O-]. The minimum absolute atomic E-state index is 0.126. The summed E-state index contributed by atoms with van der Waals surface area (Å²) in [6.07, 6.45) is 5.02. The number of para-hydroxylation sites is 1. The number of benzene rings is 2. The Kier molecular flexibility index (Phi) is 4.51. The van der Waals surface area contributed by atoms with Gasteiger partial charge in [0.1, 0.15) is 11.4 Å². The van der Waals surface area contributed by atoms with Gasteiger partial charge in [-0.3, -0.25) is 14.9 Å². The van der Waals surface area contributed by atoms with E-state index >= 15 is 0 Å². The Labute approximate surface area is 141 Å². The molecule has 0 saturated carbocycles. The van der Waals surface area contributed by atoms with Crippen molar-refractivity contribution >= 4 is 11.6 Å². The second-order valence-corrected chi connectivity index (χ2v) is 5.20. The van der Waals surface area contributed by atoms with E-state index in [9.17, 15) is 19.3 Å². The molecule has 0 fully saturated rings. The molecule has 0 bridgehead atoms. The molecule has 3 aromatic rings. The Morgan fingerprint density at radius 3 is 2.80 bits per heavy atom. The lowest BCUT2D eigenvalue weighted by Crippen LogP contribution is -2.24. The molecule has 0 unspecified atom stereocenters. The normalized spacial score (nSPS) is 10.4. The van der Waals surface area contributed by atoms with Gasteiger partial charge in [-0.05, 0) is 23.8 Å². The van der Waals surface area contributed by atoms with E-state index in [4.69, 9.17) is 0 Å². The molecule has 126 valence electrons. The first kappa shape index (κ1) is 16.3. The zero-order valence-corrected chi connectivity index (χ0v) is 12.9. The molecule has 3 rings (SSSR count). The van der Waals surface area contributed by atoms with Crippen LogP contribution in [0, 0.1) is 15.9 Å². The van der Waals surface area contributed by atoms with Gasteiger partial charge >= 0.3 is 0 Å². The second-order valence-electron chi connectivity index (χ2n) is 5.20. The third-order valence-electron chi connectivity index (χ3n) is 3.61. The largest absolute Gasteiger partial charge is 0.348 e. The van der Waals surface area contributed by atoms with E-state index < -0.39 is 22.3 Å². The lowest BCUT2D eigenvalue weighted by Gasteiger charge is -2.11. The molecule has 0 spiro atoms. The van der Waals surface area contributed by atoms with Crippen molar-refractivity contribution in [3.63, 3.8) is 0 Å². The fourth-order valence-corrected chi connectivity index (χ4v) is 2.43. The van der Waals surface area contributed by atoms with E-state index in [1.54, 1.807) is 23.3 Å². The zero-order chi connectivity index (χ0) is 17.8. The van der Waals surface area contributed by atoms with Crippen molar-refractivity contribution < 1.29 is 14.1 Å². The van der Waals surface area contributed by atoms with Gasteiger partial charge in [0.15, 0.2) is 0 Å².